The average Bonchev–Trinajstić information content (AvgIpc) is 3.28. The van der Waals surface area contributed by atoms with Crippen LogP contribution in [0.15, 0.2) is 171 Å². The molecular formula is C55H48N4O4. The van der Waals surface area contributed by atoms with Gasteiger partial charge in [0.15, 0.2) is 11.6 Å². The molecule has 0 fully saturated rings. The standard InChI is InChI=1S/C55H48N4O4/c1-35(2)39-19-25-45(26-20-39)60-49-33-51(58-53(56-49)41-15-11-9-12-16-41)62-47-29-23-43(31-37(47)5)55(7,8)44-24-30-48(38(6)32-44)63-52-34-50(57-54(59-52)42-17-13-10-14-18-42)61-46-27-21-40(22-28-46)36(3)4/h9-34H,1,3H2,2,4-8H3. The van der Waals surface area contributed by atoms with E-state index in [0.717, 1.165) is 55.7 Å². The van der Waals surface area contributed by atoms with Gasteiger partial charge in [-0.1, -0.05) is 147 Å². The third-order valence-electron chi connectivity index (χ3n) is 10.8. The fraction of sp³-hybridized carbons (Fsp3) is 0.127. The van der Waals surface area contributed by atoms with Gasteiger partial charge in [-0.05, 0) is 97.5 Å². The van der Waals surface area contributed by atoms with Crippen molar-refractivity contribution in [2.75, 3.05) is 0 Å². The first kappa shape index (κ1) is 41.9. The first-order chi connectivity index (χ1) is 30.4. The number of nitrogens with zero attached hydrogens (tertiary/aromatic N) is 4. The van der Waals surface area contributed by atoms with Crippen molar-refractivity contribution in [3.63, 3.8) is 0 Å². The van der Waals surface area contributed by atoms with Crippen LogP contribution < -0.4 is 18.9 Å². The SMILES string of the molecule is C=C(C)c1ccc(Oc2cc(Oc3ccc(C(C)(C)c4ccc(Oc5cc(Oc6ccc(C(=C)C)cc6)nc(-c6ccccc6)n5)c(C)c4)cc3C)nc(-c3ccccc3)n2)cc1. The third kappa shape index (κ3) is 9.87. The van der Waals surface area contributed by atoms with Crippen molar-refractivity contribution in [3.05, 3.63) is 204 Å². The molecule has 0 aliphatic heterocycles. The van der Waals surface area contributed by atoms with Crippen molar-refractivity contribution in [2.24, 2.45) is 0 Å². The number of aromatic nitrogens is 4. The van der Waals surface area contributed by atoms with Gasteiger partial charge in [0.1, 0.15) is 23.0 Å². The van der Waals surface area contributed by atoms with Crippen LogP contribution in [0.25, 0.3) is 33.9 Å². The molecule has 8 rings (SSSR count). The zero-order chi connectivity index (χ0) is 44.1. The molecule has 6 aromatic carbocycles. The van der Waals surface area contributed by atoms with Gasteiger partial charge >= 0.3 is 0 Å². The number of benzene rings is 6. The molecule has 0 radical (unpaired) electrons. The number of ether oxygens (including phenoxy) is 4. The lowest BCUT2D eigenvalue weighted by Crippen LogP contribution is -2.19. The van der Waals surface area contributed by atoms with E-state index in [1.165, 1.54) is 0 Å². The summed E-state index contributed by atoms with van der Waals surface area (Å²) in [6, 6.07) is 51.0. The quantitative estimate of drug-likeness (QED) is 0.107. The lowest BCUT2D eigenvalue weighted by molar-refractivity contribution is 0.432. The van der Waals surface area contributed by atoms with Crippen molar-refractivity contribution in [1.29, 1.82) is 0 Å². The van der Waals surface area contributed by atoms with Crippen molar-refractivity contribution < 1.29 is 18.9 Å². The molecule has 8 heteroatoms. The molecular weight excluding hydrogens is 781 g/mol. The van der Waals surface area contributed by atoms with Gasteiger partial charge < -0.3 is 18.9 Å². The monoisotopic (exact) mass is 828 g/mol. The van der Waals surface area contributed by atoms with E-state index in [9.17, 15) is 0 Å². The first-order valence-electron chi connectivity index (χ1n) is 20.7. The summed E-state index contributed by atoms with van der Waals surface area (Å²) in [6.45, 7) is 20.5. The summed E-state index contributed by atoms with van der Waals surface area (Å²) in [5.74, 6) is 5.12. The second-order valence-corrected chi connectivity index (χ2v) is 16.1. The van der Waals surface area contributed by atoms with E-state index in [0.29, 0.717) is 58.2 Å². The summed E-state index contributed by atoms with van der Waals surface area (Å²) >= 11 is 0. The molecule has 0 spiro atoms. The zero-order valence-electron chi connectivity index (χ0n) is 36.3. The smallest absolute Gasteiger partial charge is 0.226 e. The number of hydrogen-bond acceptors (Lipinski definition) is 8. The summed E-state index contributed by atoms with van der Waals surface area (Å²) in [5.41, 5.74) is 9.53. The summed E-state index contributed by atoms with van der Waals surface area (Å²) in [6.07, 6.45) is 0. The van der Waals surface area contributed by atoms with Crippen molar-refractivity contribution >= 4 is 11.1 Å². The van der Waals surface area contributed by atoms with Crippen LogP contribution in [0, 0.1) is 13.8 Å². The van der Waals surface area contributed by atoms with Gasteiger partial charge in [-0.25, -0.2) is 0 Å². The average molecular weight is 829 g/mol. The molecule has 0 saturated heterocycles. The summed E-state index contributed by atoms with van der Waals surface area (Å²) in [4.78, 5) is 19.0. The lowest BCUT2D eigenvalue weighted by Gasteiger charge is -2.28. The molecule has 0 saturated carbocycles. The van der Waals surface area contributed by atoms with Gasteiger partial charge in [-0.3, -0.25) is 0 Å². The number of rotatable bonds is 14. The van der Waals surface area contributed by atoms with Gasteiger partial charge in [0.2, 0.25) is 23.5 Å². The molecule has 312 valence electrons. The van der Waals surface area contributed by atoms with Crippen LogP contribution in [0.4, 0.5) is 0 Å². The molecule has 8 nitrogen and oxygen atoms in total. The number of allylic oxidation sites excluding steroid dienone is 2. The van der Waals surface area contributed by atoms with Crippen LogP contribution in [0.1, 0.15) is 61.1 Å². The largest absolute Gasteiger partial charge is 0.439 e. The first-order valence-corrected chi connectivity index (χ1v) is 20.7. The Balaban J connectivity index is 1.02. The fourth-order valence-electron chi connectivity index (χ4n) is 7.00. The van der Waals surface area contributed by atoms with Crippen molar-refractivity contribution in [1.82, 2.24) is 19.9 Å². The molecule has 8 aromatic rings. The molecule has 2 aromatic heterocycles. The summed E-state index contributed by atoms with van der Waals surface area (Å²) in [5, 5.41) is 0. The van der Waals surface area contributed by atoms with Crippen LogP contribution in [0.2, 0.25) is 0 Å². The van der Waals surface area contributed by atoms with Gasteiger partial charge in [0.05, 0.1) is 12.1 Å². The highest BCUT2D eigenvalue weighted by Gasteiger charge is 2.25. The second-order valence-electron chi connectivity index (χ2n) is 16.1. The van der Waals surface area contributed by atoms with E-state index >= 15 is 0 Å². The minimum atomic E-state index is -0.362. The molecule has 0 atom stereocenters. The Hall–Kier alpha value is -7.84. The summed E-state index contributed by atoms with van der Waals surface area (Å²) in [7, 11) is 0. The topological polar surface area (TPSA) is 88.5 Å². The predicted molar refractivity (Wildman–Crippen MR) is 252 cm³/mol. The predicted octanol–water partition coefficient (Wildman–Crippen LogP) is 14.8. The molecule has 0 N–H and O–H groups in total. The molecule has 63 heavy (non-hydrogen) atoms. The molecule has 0 bridgehead atoms. The van der Waals surface area contributed by atoms with Crippen LogP contribution in [0.5, 0.6) is 46.5 Å². The Morgan fingerprint density at radius 3 is 1.11 bits per heavy atom. The van der Waals surface area contributed by atoms with Crippen LogP contribution in [-0.2, 0) is 5.41 Å². The maximum absolute atomic E-state index is 6.47. The second kappa shape index (κ2) is 18.0. The van der Waals surface area contributed by atoms with E-state index in [-0.39, 0.29) is 5.41 Å². The highest BCUT2D eigenvalue weighted by atomic mass is 16.5. The Bertz CT molecular complexity index is 2730. The van der Waals surface area contributed by atoms with Crippen molar-refractivity contribution in [3.8, 4) is 69.3 Å². The Labute approximate surface area is 369 Å². The maximum Gasteiger partial charge on any atom is 0.226 e. The van der Waals surface area contributed by atoms with Gasteiger partial charge in [0.25, 0.3) is 0 Å². The molecule has 0 amide bonds. The molecule has 2 heterocycles. The fourth-order valence-corrected chi connectivity index (χ4v) is 7.00. The van der Waals surface area contributed by atoms with Gasteiger partial charge in [-0.15, -0.1) is 0 Å². The molecule has 0 unspecified atom stereocenters. The highest BCUT2D eigenvalue weighted by molar-refractivity contribution is 5.63. The Morgan fingerprint density at radius 1 is 0.429 bits per heavy atom. The third-order valence-corrected chi connectivity index (χ3v) is 10.8. The minimum absolute atomic E-state index is 0.362. The van der Waals surface area contributed by atoms with Crippen LogP contribution in [0.3, 0.4) is 0 Å². The Kier molecular flexibility index (Phi) is 12.0. The maximum atomic E-state index is 6.47. The molecule has 0 aliphatic rings. The summed E-state index contributed by atoms with van der Waals surface area (Å²) < 4.78 is 25.4. The van der Waals surface area contributed by atoms with E-state index in [1.807, 2.05) is 149 Å². The van der Waals surface area contributed by atoms with E-state index in [4.69, 9.17) is 38.9 Å². The normalized spacial score (nSPS) is 11.1. The molecule has 0 aliphatic carbocycles. The number of hydrogen-bond donors (Lipinski definition) is 0. The van der Waals surface area contributed by atoms with Gasteiger partial charge in [-0.2, -0.15) is 19.9 Å². The van der Waals surface area contributed by atoms with E-state index in [2.05, 4.69) is 51.3 Å². The number of aryl methyl sites for hydroxylation is 2. The lowest BCUT2D eigenvalue weighted by atomic mass is 9.77. The van der Waals surface area contributed by atoms with E-state index < -0.39 is 0 Å². The van der Waals surface area contributed by atoms with E-state index in [1.54, 1.807) is 12.1 Å². The van der Waals surface area contributed by atoms with Crippen LogP contribution in [-0.4, -0.2) is 19.9 Å². The minimum Gasteiger partial charge on any atom is -0.439 e. The van der Waals surface area contributed by atoms with Gasteiger partial charge in [0, 0.05) is 16.5 Å². The van der Waals surface area contributed by atoms with Crippen LogP contribution >= 0.6 is 0 Å². The Morgan fingerprint density at radius 2 is 0.778 bits per heavy atom. The highest BCUT2D eigenvalue weighted by Crippen LogP contribution is 2.39. The zero-order valence-corrected chi connectivity index (χ0v) is 36.3. The van der Waals surface area contributed by atoms with Crippen molar-refractivity contribution in [2.45, 2.75) is 47.0 Å².